The van der Waals surface area contributed by atoms with Gasteiger partial charge in [-0.1, -0.05) is 0 Å². The van der Waals surface area contributed by atoms with Crippen LogP contribution in [0.5, 0.6) is 0 Å². The molecule has 8 heteroatoms. The molecule has 0 aromatic carbocycles. The number of fused-ring (bicyclic) bond motifs is 1. The number of aromatic nitrogens is 4. The van der Waals surface area contributed by atoms with Crippen LogP contribution in [-0.2, 0) is 0 Å². The van der Waals surface area contributed by atoms with Gasteiger partial charge in [-0.25, -0.2) is 4.98 Å². The van der Waals surface area contributed by atoms with Gasteiger partial charge in [0.25, 0.3) is 0 Å². The van der Waals surface area contributed by atoms with Crippen molar-refractivity contribution in [2.45, 2.75) is 12.5 Å². The summed E-state index contributed by atoms with van der Waals surface area (Å²) in [5, 5.41) is 18.6. The molecule has 19 heavy (non-hydrogen) atoms. The van der Waals surface area contributed by atoms with Crippen molar-refractivity contribution in [3.63, 3.8) is 0 Å². The first-order valence-corrected chi connectivity index (χ1v) is 6.13. The molecule has 2 aromatic heterocycles. The molecule has 3 rings (SSSR count). The van der Waals surface area contributed by atoms with Crippen molar-refractivity contribution in [2.24, 2.45) is 11.8 Å². The summed E-state index contributed by atoms with van der Waals surface area (Å²) >= 11 is 0. The molecule has 1 aliphatic carbocycles. The van der Waals surface area contributed by atoms with E-state index < -0.39 is 0 Å². The second-order valence-corrected chi connectivity index (χ2v) is 4.88. The van der Waals surface area contributed by atoms with Gasteiger partial charge in [0.15, 0.2) is 11.5 Å². The van der Waals surface area contributed by atoms with E-state index in [1.165, 1.54) is 0 Å². The Labute approximate surface area is 109 Å². The largest absolute Gasteiger partial charge is 0.396 e. The molecule has 3 atom stereocenters. The fourth-order valence-electron chi connectivity index (χ4n) is 2.78. The van der Waals surface area contributed by atoms with Crippen LogP contribution < -0.4 is 11.5 Å². The highest BCUT2D eigenvalue weighted by molar-refractivity contribution is 5.82. The van der Waals surface area contributed by atoms with Crippen molar-refractivity contribution in [3.05, 3.63) is 6.33 Å². The van der Waals surface area contributed by atoms with Crippen LogP contribution in [0.25, 0.3) is 11.2 Å². The van der Waals surface area contributed by atoms with E-state index in [-0.39, 0.29) is 42.9 Å². The van der Waals surface area contributed by atoms with Crippen molar-refractivity contribution in [1.29, 1.82) is 0 Å². The van der Waals surface area contributed by atoms with E-state index in [2.05, 4.69) is 15.0 Å². The molecular formula is C11H16N6O2. The summed E-state index contributed by atoms with van der Waals surface area (Å²) in [5.41, 5.74) is 12.4. The topological polar surface area (TPSA) is 136 Å². The molecule has 1 fully saturated rings. The van der Waals surface area contributed by atoms with Crippen LogP contribution in [0.15, 0.2) is 6.33 Å². The van der Waals surface area contributed by atoms with Gasteiger partial charge in [-0.05, 0) is 12.3 Å². The predicted octanol–water partition coefficient (Wildman–Crippen LogP) is -0.848. The second kappa shape index (κ2) is 4.32. The third-order valence-electron chi connectivity index (χ3n) is 3.91. The van der Waals surface area contributed by atoms with E-state index in [0.29, 0.717) is 11.2 Å². The van der Waals surface area contributed by atoms with E-state index >= 15 is 0 Å². The Hall–Kier alpha value is -1.93. The highest BCUT2D eigenvalue weighted by Gasteiger charge is 2.41. The molecule has 102 valence electrons. The molecule has 6 N–H and O–H groups in total. The third-order valence-corrected chi connectivity index (χ3v) is 3.91. The fraction of sp³-hybridized carbons (Fsp3) is 0.545. The lowest BCUT2D eigenvalue weighted by Gasteiger charge is -2.43. The van der Waals surface area contributed by atoms with Crippen molar-refractivity contribution < 1.29 is 10.2 Å². The number of anilines is 2. The van der Waals surface area contributed by atoms with Crippen LogP contribution in [0.4, 0.5) is 11.8 Å². The van der Waals surface area contributed by atoms with Crippen molar-refractivity contribution >= 4 is 22.9 Å². The standard InChI is InChI=1S/C11H16N6O2/c12-9-8-10(16-11(13)15-9)17(4-14-8)7-1-5(2-18)6(7)3-19/h4-7,18-19H,1-3H2,(H4,12,13,15,16)/t5-,6+,7-/m1/s1. The highest BCUT2D eigenvalue weighted by Crippen LogP contribution is 2.44. The lowest BCUT2D eigenvalue weighted by atomic mass is 9.70. The van der Waals surface area contributed by atoms with Crippen LogP contribution in [0.1, 0.15) is 12.5 Å². The Morgan fingerprint density at radius 1 is 1.26 bits per heavy atom. The minimum absolute atomic E-state index is 0.000172. The Kier molecular flexibility index (Phi) is 2.76. The molecule has 0 unspecified atom stereocenters. The molecule has 0 aliphatic heterocycles. The van der Waals surface area contributed by atoms with Gasteiger partial charge in [-0.2, -0.15) is 9.97 Å². The second-order valence-electron chi connectivity index (χ2n) is 4.88. The van der Waals surface area contributed by atoms with Crippen LogP contribution in [0.3, 0.4) is 0 Å². The molecule has 1 saturated carbocycles. The molecule has 0 saturated heterocycles. The first-order valence-electron chi connectivity index (χ1n) is 6.13. The van der Waals surface area contributed by atoms with E-state index in [4.69, 9.17) is 11.5 Å². The predicted molar refractivity (Wildman–Crippen MR) is 69.0 cm³/mol. The zero-order valence-corrected chi connectivity index (χ0v) is 10.3. The van der Waals surface area contributed by atoms with Crippen LogP contribution in [-0.4, -0.2) is 42.9 Å². The van der Waals surface area contributed by atoms with Gasteiger partial charge in [-0.3, -0.25) is 0 Å². The zero-order chi connectivity index (χ0) is 13.6. The summed E-state index contributed by atoms with van der Waals surface area (Å²) in [5.74, 6) is 0.467. The SMILES string of the molecule is Nc1nc(N)c2ncn([C@@H]3C[C@H](CO)[C@@H]3CO)c2n1. The van der Waals surface area contributed by atoms with Crippen molar-refractivity contribution in [3.8, 4) is 0 Å². The lowest BCUT2D eigenvalue weighted by molar-refractivity contribution is -0.00528. The maximum Gasteiger partial charge on any atom is 0.224 e. The smallest absolute Gasteiger partial charge is 0.224 e. The van der Waals surface area contributed by atoms with Gasteiger partial charge in [0.2, 0.25) is 5.95 Å². The van der Waals surface area contributed by atoms with Gasteiger partial charge in [0, 0.05) is 25.2 Å². The quantitative estimate of drug-likeness (QED) is 0.567. The Morgan fingerprint density at radius 2 is 2.05 bits per heavy atom. The zero-order valence-electron chi connectivity index (χ0n) is 10.3. The molecule has 0 spiro atoms. The number of nitrogen functional groups attached to an aromatic ring is 2. The molecule has 0 radical (unpaired) electrons. The van der Waals surface area contributed by atoms with Gasteiger partial charge >= 0.3 is 0 Å². The Bertz CT molecular complexity index is 612. The Morgan fingerprint density at radius 3 is 2.74 bits per heavy atom. The van der Waals surface area contributed by atoms with Crippen LogP contribution in [0.2, 0.25) is 0 Å². The average Bonchev–Trinajstić information content (AvgIpc) is 2.73. The van der Waals surface area contributed by atoms with Crippen LogP contribution >= 0.6 is 0 Å². The minimum Gasteiger partial charge on any atom is -0.396 e. The normalized spacial score (nSPS) is 26.5. The monoisotopic (exact) mass is 264 g/mol. The van der Waals surface area contributed by atoms with E-state index in [9.17, 15) is 10.2 Å². The van der Waals surface area contributed by atoms with Gasteiger partial charge in [0.05, 0.1) is 6.33 Å². The summed E-state index contributed by atoms with van der Waals surface area (Å²) in [6, 6.07) is 0.0563. The maximum absolute atomic E-state index is 9.41. The van der Waals surface area contributed by atoms with Crippen molar-refractivity contribution in [1.82, 2.24) is 19.5 Å². The Balaban J connectivity index is 2.02. The van der Waals surface area contributed by atoms with Gasteiger partial charge < -0.3 is 26.2 Å². The van der Waals surface area contributed by atoms with Crippen LogP contribution in [0, 0.1) is 11.8 Å². The number of nitrogens with two attached hydrogens (primary N) is 2. The lowest BCUT2D eigenvalue weighted by Crippen LogP contribution is -2.42. The van der Waals surface area contributed by atoms with E-state index in [0.717, 1.165) is 6.42 Å². The molecule has 8 nitrogen and oxygen atoms in total. The summed E-state index contributed by atoms with van der Waals surface area (Å²) < 4.78 is 1.86. The number of aliphatic hydroxyl groups is 2. The maximum atomic E-state index is 9.41. The van der Waals surface area contributed by atoms with Gasteiger partial charge in [-0.15, -0.1) is 0 Å². The number of imidazole rings is 1. The van der Waals surface area contributed by atoms with Gasteiger partial charge in [0.1, 0.15) is 5.52 Å². The number of rotatable bonds is 3. The van der Waals surface area contributed by atoms with E-state index in [1.807, 2.05) is 4.57 Å². The third kappa shape index (κ3) is 1.71. The summed E-state index contributed by atoms with van der Waals surface area (Å²) in [6.07, 6.45) is 2.41. The number of hydrogen-bond donors (Lipinski definition) is 4. The molecule has 1 aliphatic rings. The molecule has 2 aromatic rings. The average molecular weight is 264 g/mol. The summed E-state index contributed by atoms with van der Waals surface area (Å²) in [6.45, 7) is 0.0965. The van der Waals surface area contributed by atoms with Crippen molar-refractivity contribution in [2.75, 3.05) is 24.7 Å². The number of hydrogen-bond acceptors (Lipinski definition) is 7. The van der Waals surface area contributed by atoms with E-state index in [1.54, 1.807) is 6.33 Å². The number of nitrogens with zero attached hydrogens (tertiary/aromatic N) is 4. The first kappa shape index (κ1) is 12.1. The molecule has 0 bridgehead atoms. The highest BCUT2D eigenvalue weighted by atomic mass is 16.3. The molecule has 2 heterocycles. The molecular weight excluding hydrogens is 248 g/mol. The minimum atomic E-state index is -0.000172. The molecule has 0 amide bonds. The fourth-order valence-corrected chi connectivity index (χ4v) is 2.78. The first-order chi connectivity index (χ1) is 9.15. The summed E-state index contributed by atoms with van der Waals surface area (Å²) in [7, 11) is 0. The summed E-state index contributed by atoms with van der Waals surface area (Å²) in [4.78, 5) is 12.2. The number of aliphatic hydroxyl groups excluding tert-OH is 2.